The van der Waals surface area contributed by atoms with Gasteiger partial charge in [-0.15, -0.1) is 0 Å². The van der Waals surface area contributed by atoms with Crippen LogP contribution in [-0.2, 0) is 19.0 Å². The number of benzene rings is 1. The van der Waals surface area contributed by atoms with E-state index in [0.29, 0.717) is 24.0 Å². The van der Waals surface area contributed by atoms with E-state index >= 15 is 0 Å². The maximum Gasteiger partial charge on any atom is 0.342 e. The first-order valence-electron chi connectivity index (χ1n) is 7.62. The molecule has 23 heavy (non-hydrogen) atoms. The first kappa shape index (κ1) is 14.5. The Morgan fingerprint density at radius 1 is 1.26 bits per heavy atom. The molecule has 2 heterocycles. The van der Waals surface area contributed by atoms with Gasteiger partial charge in [0.1, 0.15) is 23.7 Å². The molecule has 6 nitrogen and oxygen atoms in total. The molecule has 2 N–H and O–H groups in total. The predicted octanol–water partition coefficient (Wildman–Crippen LogP) is 2.26. The Morgan fingerprint density at radius 3 is 2.61 bits per heavy atom. The number of allylic oxidation sites excluding steroid dienone is 1. The number of hydrogen-bond acceptors (Lipinski definition) is 6. The summed E-state index contributed by atoms with van der Waals surface area (Å²) < 4.78 is 16.7. The topological polar surface area (TPSA) is 88.5 Å². The van der Waals surface area contributed by atoms with Crippen LogP contribution in [0.1, 0.15) is 43.1 Å². The average Bonchev–Trinajstić information content (AvgIpc) is 3.19. The van der Waals surface area contributed by atoms with E-state index in [-0.39, 0.29) is 11.5 Å². The number of carbonyl (C=O) groups excluding carboxylic acids is 1. The van der Waals surface area contributed by atoms with Crippen molar-refractivity contribution in [1.82, 2.24) is 0 Å². The van der Waals surface area contributed by atoms with Gasteiger partial charge in [-0.2, -0.15) is 0 Å². The van der Waals surface area contributed by atoms with Gasteiger partial charge in [0.05, 0.1) is 0 Å². The monoisotopic (exact) mass is 318 g/mol. The third kappa shape index (κ3) is 1.85. The fourth-order valence-corrected chi connectivity index (χ4v) is 3.79. The van der Waals surface area contributed by atoms with E-state index in [9.17, 15) is 15.0 Å². The van der Waals surface area contributed by atoms with Gasteiger partial charge < -0.3 is 24.4 Å². The van der Waals surface area contributed by atoms with Gasteiger partial charge in [0, 0.05) is 18.2 Å². The summed E-state index contributed by atoms with van der Waals surface area (Å²) in [5.41, 5.74) is 0.782. The molecule has 4 rings (SSSR count). The van der Waals surface area contributed by atoms with Gasteiger partial charge in [-0.05, 0) is 37.5 Å². The fraction of sp³-hybridized carbons (Fsp3) is 0.471. The summed E-state index contributed by atoms with van der Waals surface area (Å²) in [6, 6.07) is 2.80. The van der Waals surface area contributed by atoms with Crippen LogP contribution in [0.2, 0.25) is 0 Å². The van der Waals surface area contributed by atoms with Crippen molar-refractivity contribution in [1.29, 1.82) is 0 Å². The number of esters is 1. The standard InChI is InChI=1S/C17H18O6/c1-8-4-3-7-17-15(23-17)14(22-16(17)20)12-10(19)6-5-9(18)11(12)13(8)21-2/h4-6,13-15,18-19H,3,7H2,1-2H3/b8-4+/t13-,14+,15+,17+/m1/s1. The molecule has 2 fully saturated rings. The predicted molar refractivity (Wildman–Crippen MR) is 78.9 cm³/mol. The summed E-state index contributed by atoms with van der Waals surface area (Å²) in [6.07, 6.45) is 1.48. The Labute approximate surface area is 133 Å². The maximum atomic E-state index is 12.2. The first-order chi connectivity index (χ1) is 11.0. The second kappa shape index (κ2) is 4.72. The molecule has 1 aromatic rings. The van der Waals surface area contributed by atoms with Gasteiger partial charge in [0.15, 0.2) is 11.7 Å². The maximum absolute atomic E-state index is 12.2. The van der Waals surface area contributed by atoms with Gasteiger partial charge in [0.2, 0.25) is 0 Å². The lowest BCUT2D eigenvalue weighted by molar-refractivity contribution is -0.154. The number of rotatable bonds is 1. The number of fused-ring (bicyclic) bond motifs is 2. The number of aromatic hydroxyl groups is 2. The Hall–Kier alpha value is -2.05. The van der Waals surface area contributed by atoms with E-state index in [4.69, 9.17) is 14.2 Å². The Kier molecular flexibility index (Phi) is 2.98. The first-order valence-corrected chi connectivity index (χ1v) is 7.62. The van der Waals surface area contributed by atoms with Gasteiger partial charge in [-0.3, -0.25) is 0 Å². The molecule has 2 bridgehead atoms. The third-order valence-corrected chi connectivity index (χ3v) is 5.01. The lowest BCUT2D eigenvalue weighted by atomic mass is 9.87. The molecule has 4 atom stereocenters. The van der Waals surface area contributed by atoms with Crippen molar-refractivity contribution in [2.45, 2.75) is 43.7 Å². The number of phenolic OH excluding ortho intramolecular Hbond substituents is 2. The lowest BCUT2D eigenvalue weighted by Gasteiger charge is -2.24. The Bertz CT molecular complexity index is 724. The molecule has 0 radical (unpaired) electrons. The molecule has 1 aliphatic carbocycles. The smallest absolute Gasteiger partial charge is 0.342 e. The molecule has 2 aliphatic heterocycles. The van der Waals surface area contributed by atoms with Crippen molar-refractivity contribution in [3.63, 3.8) is 0 Å². The van der Waals surface area contributed by atoms with Crippen molar-refractivity contribution in [3.05, 3.63) is 34.9 Å². The van der Waals surface area contributed by atoms with Crippen molar-refractivity contribution in [2.24, 2.45) is 0 Å². The second-order valence-corrected chi connectivity index (χ2v) is 6.29. The summed E-state index contributed by atoms with van der Waals surface area (Å²) in [5.74, 6) is -0.451. The van der Waals surface area contributed by atoms with Crippen LogP contribution in [0.3, 0.4) is 0 Å². The highest BCUT2D eigenvalue weighted by atomic mass is 16.7. The van der Waals surface area contributed by atoms with E-state index in [1.165, 1.54) is 12.1 Å². The number of epoxide rings is 1. The molecule has 0 amide bonds. The zero-order valence-corrected chi connectivity index (χ0v) is 12.9. The minimum absolute atomic E-state index is 0.00725. The summed E-state index contributed by atoms with van der Waals surface area (Å²) >= 11 is 0. The van der Waals surface area contributed by atoms with E-state index < -0.39 is 29.9 Å². The van der Waals surface area contributed by atoms with E-state index in [2.05, 4.69) is 0 Å². The number of carbonyl (C=O) groups is 1. The van der Waals surface area contributed by atoms with Crippen LogP contribution in [0.15, 0.2) is 23.8 Å². The lowest BCUT2D eigenvalue weighted by Crippen LogP contribution is -2.22. The molecule has 0 aromatic heterocycles. The van der Waals surface area contributed by atoms with Crippen molar-refractivity contribution in [2.75, 3.05) is 7.11 Å². The Morgan fingerprint density at radius 2 is 1.96 bits per heavy atom. The third-order valence-electron chi connectivity index (χ3n) is 5.01. The molecule has 6 heteroatoms. The summed E-state index contributed by atoms with van der Waals surface area (Å²) in [5, 5.41) is 20.7. The van der Waals surface area contributed by atoms with E-state index in [0.717, 1.165) is 5.57 Å². The van der Waals surface area contributed by atoms with Crippen molar-refractivity contribution < 1.29 is 29.2 Å². The minimum atomic E-state index is -0.906. The highest BCUT2D eigenvalue weighted by Gasteiger charge is 2.73. The normalized spacial score (nSPS) is 37.2. The number of phenols is 2. The molecule has 122 valence electrons. The molecular formula is C17H18O6. The van der Waals surface area contributed by atoms with Crippen molar-refractivity contribution >= 4 is 5.97 Å². The molecule has 3 aliphatic rings. The van der Waals surface area contributed by atoms with Crippen LogP contribution in [0, 0.1) is 0 Å². The molecule has 0 spiro atoms. The molecule has 0 saturated carbocycles. The zero-order chi connectivity index (χ0) is 16.4. The van der Waals surface area contributed by atoms with Crippen LogP contribution in [0.25, 0.3) is 0 Å². The van der Waals surface area contributed by atoms with Crippen LogP contribution in [0.4, 0.5) is 0 Å². The van der Waals surface area contributed by atoms with Gasteiger partial charge >= 0.3 is 5.97 Å². The highest BCUT2D eigenvalue weighted by Crippen LogP contribution is 2.59. The van der Waals surface area contributed by atoms with Crippen LogP contribution in [-0.4, -0.2) is 35.0 Å². The number of ether oxygens (including phenoxy) is 3. The number of methoxy groups -OCH3 is 1. The SMILES string of the molecule is CO[C@@H]1/C(C)=C/CC[C@]23O[C@H]2[C@@H](OC3=O)c2c(O)ccc(O)c21. The molecule has 0 unspecified atom stereocenters. The summed E-state index contributed by atoms with van der Waals surface area (Å²) in [4.78, 5) is 12.2. The quantitative estimate of drug-likeness (QED) is 0.357. The molecule has 2 saturated heterocycles. The van der Waals surface area contributed by atoms with E-state index in [1.54, 1.807) is 7.11 Å². The average molecular weight is 318 g/mol. The van der Waals surface area contributed by atoms with E-state index in [1.807, 2.05) is 13.0 Å². The summed E-state index contributed by atoms with van der Waals surface area (Å²) in [7, 11) is 1.54. The van der Waals surface area contributed by atoms with Gasteiger partial charge in [-0.1, -0.05) is 6.08 Å². The zero-order valence-electron chi connectivity index (χ0n) is 12.9. The summed E-state index contributed by atoms with van der Waals surface area (Å²) in [6.45, 7) is 1.90. The highest BCUT2D eigenvalue weighted by molar-refractivity contribution is 5.87. The van der Waals surface area contributed by atoms with Gasteiger partial charge in [-0.25, -0.2) is 4.79 Å². The minimum Gasteiger partial charge on any atom is -0.508 e. The largest absolute Gasteiger partial charge is 0.508 e. The van der Waals surface area contributed by atoms with Crippen molar-refractivity contribution in [3.8, 4) is 11.5 Å². The molecular weight excluding hydrogens is 300 g/mol. The van der Waals surface area contributed by atoms with Crippen LogP contribution in [0.5, 0.6) is 11.5 Å². The molecule has 1 aromatic carbocycles. The van der Waals surface area contributed by atoms with Gasteiger partial charge in [0.25, 0.3) is 0 Å². The van der Waals surface area contributed by atoms with Crippen LogP contribution < -0.4 is 0 Å². The van der Waals surface area contributed by atoms with Crippen LogP contribution >= 0.6 is 0 Å². The second-order valence-electron chi connectivity index (χ2n) is 6.29. The Balaban J connectivity index is 1.96. The fourth-order valence-electron chi connectivity index (χ4n) is 3.79. The number of hydrogen-bond donors (Lipinski definition) is 2.